The third-order valence-electron chi connectivity index (χ3n) is 4.14. The van der Waals surface area contributed by atoms with E-state index < -0.39 is 29.4 Å². The molecule has 0 spiro atoms. The summed E-state index contributed by atoms with van der Waals surface area (Å²) < 4.78 is 50.1. The summed E-state index contributed by atoms with van der Waals surface area (Å²) in [5.41, 5.74) is -1.53. The highest BCUT2D eigenvalue weighted by Crippen LogP contribution is 2.35. The Kier molecular flexibility index (Phi) is 3.64. The Balaban J connectivity index is 2.03. The minimum absolute atomic E-state index is 0.0702. The molecule has 0 N–H and O–H groups in total. The van der Waals surface area contributed by atoms with Crippen molar-refractivity contribution in [2.24, 2.45) is 0 Å². The summed E-state index contributed by atoms with van der Waals surface area (Å²) in [6.45, 7) is 5.65. The molecule has 1 aromatic carbocycles. The number of halogens is 2. The number of ether oxygens (including phenoxy) is 1. The molecule has 2 aromatic rings. The van der Waals surface area contributed by atoms with E-state index in [-0.39, 0.29) is 17.5 Å². The van der Waals surface area contributed by atoms with Crippen molar-refractivity contribution in [1.82, 2.24) is 9.55 Å². The first-order chi connectivity index (χ1) is 12.4. The van der Waals surface area contributed by atoms with Gasteiger partial charge in [0.15, 0.2) is 11.6 Å². The van der Waals surface area contributed by atoms with Crippen molar-refractivity contribution in [3.05, 3.63) is 51.9 Å². The van der Waals surface area contributed by atoms with Crippen LogP contribution in [0.3, 0.4) is 0 Å². The number of benzene rings is 1. The summed E-state index contributed by atoms with van der Waals surface area (Å²) in [5.74, 6) is -2.27. The molecule has 0 bridgehead atoms. The quantitative estimate of drug-likeness (QED) is 0.849. The Hall–Kier alpha value is -2.44. The van der Waals surface area contributed by atoms with E-state index in [9.17, 15) is 13.6 Å². The summed E-state index contributed by atoms with van der Waals surface area (Å²) >= 11 is 0. The predicted octanol–water partition coefficient (Wildman–Crippen LogP) is 3.11. The summed E-state index contributed by atoms with van der Waals surface area (Å²) in [5, 5.41) is 0. The SMILES string of the molecule is [2H]C([2H])(Oc1cc2n(c(=O)n1)CC(C)(C)N2C(C)C)c1cccc(F)c1F. The molecule has 0 amide bonds. The van der Waals surface area contributed by atoms with Gasteiger partial charge >= 0.3 is 5.69 Å². The summed E-state index contributed by atoms with van der Waals surface area (Å²) in [7, 11) is 0. The predicted molar refractivity (Wildman–Crippen MR) is 90.9 cm³/mol. The molecule has 134 valence electrons. The van der Waals surface area contributed by atoms with Crippen LogP contribution in [0.1, 0.15) is 36.0 Å². The third kappa shape index (κ3) is 3.10. The topological polar surface area (TPSA) is 47.4 Å². The van der Waals surface area contributed by atoms with Crippen molar-refractivity contribution in [2.75, 3.05) is 4.90 Å². The molecular formula is C18H21F2N3O2. The van der Waals surface area contributed by atoms with Crippen molar-refractivity contribution in [3.8, 4) is 5.88 Å². The molecule has 0 unspecified atom stereocenters. The monoisotopic (exact) mass is 351 g/mol. The van der Waals surface area contributed by atoms with Crippen molar-refractivity contribution in [3.63, 3.8) is 0 Å². The van der Waals surface area contributed by atoms with Gasteiger partial charge in [-0.3, -0.25) is 4.57 Å². The van der Waals surface area contributed by atoms with Crippen LogP contribution >= 0.6 is 0 Å². The molecule has 2 heterocycles. The lowest BCUT2D eigenvalue weighted by atomic mass is 10.0. The first-order valence-corrected chi connectivity index (χ1v) is 7.99. The van der Waals surface area contributed by atoms with Gasteiger partial charge in [-0.15, -0.1) is 0 Å². The van der Waals surface area contributed by atoms with Gasteiger partial charge in [0, 0.05) is 17.7 Å². The molecule has 3 rings (SSSR count). The third-order valence-corrected chi connectivity index (χ3v) is 4.14. The van der Waals surface area contributed by atoms with Crippen LogP contribution in [0, 0.1) is 11.6 Å². The molecule has 7 heteroatoms. The lowest BCUT2D eigenvalue weighted by Gasteiger charge is -2.36. The zero-order chi connectivity index (χ0) is 20.1. The van der Waals surface area contributed by atoms with Gasteiger partial charge in [-0.1, -0.05) is 12.1 Å². The number of hydrogen-bond acceptors (Lipinski definition) is 4. The van der Waals surface area contributed by atoms with E-state index in [0.29, 0.717) is 12.4 Å². The number of fused-ring (bicyclic) bond motifs is 1. The second-order valence-electron chi connectivity index (χ2n) is 6.90. The van der Waals surface area contributed by atoms with Crippen molar-refractivity contribution < 1.29 is 16.3 Å². The number of anilines is 1. The van der Waals surface area contributed by atoms with Crippen LogP contribution in [0.25, 0.3) is 0 Å². The number of nitrogens with zero attached hydrogens (tertiary/aromatic N) is 3. The maximum absolute atomic E-state index is 14.0. The standard InChI is InChI=1S/C18H21F2N3O2/c1-11(2)23-15-8-14(21-17(24)22(15)10-18(23,3)4)25-9-12-6-5-7-13(19)16(12)20/h5-8,11H,9-10H2,1-4H3/i9D2. The Bertz CT molecular complexity index is 945. The summed E-state index contributed by atoms with van der Waals surface area (Å²) in [6.07, 6.45) is 0. The second kappa shape index (κ2) is 6.13. The molecule has 0 saturated heterocycles. The van der Waals surface area contributed by atoms with Crippen LogP contribution in [-0.4, -0.2) is 21.1 Å². The Morgan fingerprint density at radius 2 is 2.12 bits per heavy atom. The minimum atomic E-state index is -2.71. The highest BCUT2D eigenvalue weighted by Gasteiger charge is 2.38. The van der Waals surface area contributed by atoms with Gasteiger partial charge in [0.05, 0.1) is 14.8 Å². The van der Waals surface area contributed by atoms with Crippen LogP contribution in [0.4, 0.5) is 14.6 Å². The molecular weight excluding hydrogens is 328 g/mol. The Morgan fingerprint density at radius 1 is 1.40 bits per heavy atom. The summed E-state index contributed by atoms with van der Waals surface area (Å²) in [6, 6.07) is 4.68. The molecule has 1 aliphatic heterocycles. The van der Waals surface area contributed by atoms with Crippen LogP contribution in [-0.2, 0) is 13.1 Å². The highest BCUT2D eigenvalue weighted by atomic mass is 19.2. The van der Waals surface area contributed by atoms with Crippen LogP contribution in [0.15, 0.2) is 29.1 Å². The fraction of sp³-hybridized carbons (Fsp3) is 0.444. The molecule has 1 aliphatic rings. The Morgan fingerprint density at radius 3 is 2.80 bits per heavy atom. The molecule has 25 heavy (non-hydrogen) atoms. The first-order valence-electron chi connectivity index (χ1n) is 8.99. The van der Waals surface area contributed by atoms with Gasteiger partial charge in [0.2, 0.25) is 5.88 Å². The average Bonchev–Trinajstić information content (AvgIpc) is 2.80. The van der Waals surface area contributed by atoms with E-state index in [2.05, 4.69) is 4.98 Å². The van der Waals surface area contributed by atoms with E-state index in [4.69, 9.17) is 7.48 Å². The summed E-state index contributed by atoms with van der Waals surface area (Å²) in [4.78, 5) is 18.2. The van der Waals surface area contributed by atoms with Gasteiger partial charge < -0.3 is 9.64 Å². The number of aromatic nitrogens is 2. The average molecular weight is 351 g/mol. The normalized spacial score (nSPS) is 17.3. The zero-order valence-corrected chi connectivity index (χ0v) is 14.5. The highest BCUT2D eigenvalue weighted by molar-refractivity contribution is 5.49. The molecule has 1 aromatic heterocycles. The lowest BCUT2D eigenvalue weighted by Crippen LogP contribution is -2.45. The Labute approximate surface area is 147 Å². The number of hydrogen-bond donors (Lipinski definition) is 0. The van der Waals surface area contributed by atoms with Crippen LogP contribution < -0.4 is 15.3 Å². The van der Waals surface area contributed by atoms with Gasteiger partial charge in [-0.25, -0.2) is 13.6 Å². The van der Waals surface area contributed by atoms with E-state index in [0.717, 1.165) is 12.1 Å². The van der Waals surface area contributed by atoms with E-state index >= 15 is 0 Å². The molecule has 0 atom stereocenters. The fourth-order valence-electron chi connectivity index (χ4n) is 3.30. The smallest absolute Gasteiger partial charge is 0.352 e. The van der Waals surface area contributed by atoms with Gasteiger partial charge in [0.1, 0.15) is 12.4 Å². The fourth-order valence-corrected chi connectivity index (χ4v) is 3.30. The largest absolute Gasteiger partial charge is 0.472 e. The maximum Gasteiger partial charge on any atom is 0.352 e. The first kappa shape index (κ1) is 14.9. The number of rotatable bonds is 4. The second-order valence-corrected chi connectivity index (χ2v) is 6.90. The molecule has 0 radical (unpaired) electrons. The minimum Gasteiger partial charge on any atom is -0.472 e. The maximum atomic E-state index is 14.0. The van der Waals surface area contributed by atoms with Gasteiger partial charge in [0.25, 0.3) is 0 Å². The van der Waals surface area contributed by atoms with E-state index in [1.54, 1.807) is 0 Å². The molecule has 0 saturated carbocycles. The molecule has 0 aliphatic carbocycles. The van der Waals surface area contributed by atoms with Crippen molar-refractivity contribution >= 4 is 5.82 Å². The lowest BCUT2D eigenvalue weighted by molar-refractivity contribution is 0.283. The van der Waals surface area contributed by atoms with Crippen molar-refractivity contribution in [2.45, 2.75) is 52.4 Å². The molecule has 0 fully saturated rings. The van der Waals surface area contributed by atoms with Crippen molar-refractivity contribution in [1.29, 1.82) is 0 Å². The van der Waals surface area contributed by atoms with Crippen LogP contribution in [0.2, 0.25) is 0 Å². The van der Waals surface area contributed by atoms with Gasteiger partial charge in [-0.2, -0.15) is 4.98 Å². The van der Waals surface area contributed by atoms with E-state index in [1.807, 2.05) is 32.6 Å². The zero-order valence-electron chi connectivity index (χ0n) is 16.5. The molecule has 5 nitrogen and oxygen atoms in total. The van der Waals surface area contributed by atoms with E-state index in [1.165, 1.54) is 16.7 Å². The van der Waals surface area contributed by atoms with Crippen LogP contribution in [0.5, 0.6) is 5.88 Å². The van der Waals surface area contributed by atoms with Gasteiger partial charge in [-0.05, 0) is 33.8 Å².